The van der Waals surface area contributed by atoms with E-state index in [4.69, 9.17) is 4.74 Å². The first kappa shape index (κ1) is 18.0. The molecule has 1 saturated heterocycles. The van der Waals surface area contributed by atoms with Crippen LogP contribution in [0.5, 0.6) is 0 Å². The lowest BCUT2D eigenvalue weighted by atomic mass is 9.97. The Morgan fingerprint density at radius 3 is 2.56 bits per heavy atom. The second-order valence-corrected chi connectivity index (χ2v) is 6.60. The van der Waals surface area contributed by atoms with Gasteiger partial charge in [0, 0.05) is 5.69 Å². The number of aromatic nitrogens is 1. The second-order valence-electron chi connectivity index (χ2n) is 6.60. The van der Waals surface area contributed by atoms with Crippen LogP contribution >= 0.6 is 0 Å². The number of aliphatic hydroxyl groups excluding tert-OH is 4. The van der Waals surface area contributed by atoms with Gasteiger partial charge < -0.3 is 25.2 Å². The smallest absolute Gasteiger partial charge is 0.270 e. The van der Waals surface area contributed by atoms with Gasteiger partial charge in [-0.25, -0.2) is 0 Å². The fraction of sp³-hybridized carbons (Fsp3) is 0.647. The highest BCUT2D eigenvalue weighted by atomic mass is 16.6. The van der Waals surface area contributed by atoms with Crippen LogP contribution in [0.4, 0.5) is 0 Å². The number of pyridine rings is 1. The Labute approximate surface area is 144 Å². The quantitative estimate of drug-likeness (QED) is 0.500. The average molecular weight is 350 g/mol. The molecule has 1 aliphatic heterocycles. The van der Waals surface area contributed by atoms with Gasteiger partial charge in [0.15, 0.2) is 6.23 Å². The van der Waals surface area contributed by atoms with Gasteiger partial charge >= 0.3 is 0 Å². The molecule has 1 aromatic heterocycles. The maximum Gasteiger partial charge on any atom is 0.270 e. The van der Waals surface area contributed by atoms with Crippen molar-refractivity contribution in [1.82, 2.24) is 4.57 Å². The summed E-state index contributed by atoms with van der Waals surface area (Å²) in [6, 6.07) is 3.46. The molecule has 2 heterocycles. The van der Waals surface area contributed by atoms with Crippen LogP contribution in [0.15, 0.2) is 10.9 Å². The zero-order chi connectivity index (χ0) is 18.1. The van der Waals surface area contributed by atoms with E-state index in [1.807, 2.05) is 6.07 Å². The van der Waals surface area contributed by atoms with Gasteiger partial charge in [-0.15, -0.1) is 0 Å². The number of aryl methyl sites for hydroxylation is 1. The third-order valence-corrected chi connectivity index (χ3v) is 5.03. The predicted octanol–water partition coefficient (Wildman–Crippen LogP) is -1.04. The first-order chi connectivity index (χ1) is 12.0. The maximum atomic E-state index is 12.8. The number of nitrogens with zero attached hydrogens (tertiary/aromatic N) is 2. The third kappa shape index (κ3) is 3.10. The molecule has 0 radical (unpaired) electrons. The molecule has 2 aliphatic rings. The van der Waals surface area contributed by atoms with Gasteiger partial charge in [-0.3, -0.25) is 9.36 Å². The third-order valence-electron chi connectivity index (χ3n) is 5.03. The molecule has 8 heteroatoms. The molecule has 4 N–H and O–H groups in total. The van der Waals surface area contributed by atoms with Crippen molar-refractivity contribution < 1.29 is 25.2 Å². The Balaban J connectivity index is 2.15. The van der Waals surface area contributed by atoms with Crippen LogP contribution in [0.2, 0.25) is 0 Å². The van der Waals surface area contributed by atoms with Crippen LogP contribution < -0.4 is 5.56 Å². The first-order valence-corrected chi connectivity index (χ1v) is 8.47. The van der Waals surface area contributed by atoms with E-state index in [-0.39, 0.29) is 5.56 Å². The fourth-order valence-corrected chi connectivity index (χ4v) is 3.65. The van der Waals surface area contributed by atoms with Gasteiger partial charge in [0.2, 0.25) is 0 Å². The predicted molar refractivity (Wildman–Crippen MR) is 85.7 cm³/mol. The highest BCUT2D eigenvalue weighted by molar-refractivity contribution is 5.35. The lowest BCUT2D eigenvalue weighted by molar-refractivity contribution is -0.252. The molecule has 3 rings (SSSR count). The van der Waals surface area contributed by atoms with Gasteiger partial charge in [-0.1, -0.05) is 6.42 Å². The molecule has 0 bridgehead atoms. The van der Waals surface area contributed by atoms with Crippen molar-refractivity contribution in [3.63, 3.8) is 0 Å². The van der Waals surface area contributed by atoms with Gasteiger partial charge in [0.05, 0.1) is 6.61 Å². The van der Waals surface area contributed by atoms with Gasteiger partial charge in [0.25, 0.3) is 5.56 Å². The molecule has 0 unspecified atom stereocenters. The van der Waals surface area contributed by atoms with E-state index in [0.29, 0.717) is 18.5 Å². The molecule has 0 spiro atoms. The Kier molecular flexibility index (Phi) is 5.22. The Hall–Kier alpha value is -1.76. The molecule has 0 amide bonds. The van der Waals surface area contributed by atoms with Crippen LogP contribution in [0.25, 0.3) is 0 Å². The van der Waals surface area contributed by atoms with Crippen molar-refractivity contribution in [3.8, 4) is 6.07 Å². The van der Waals surface area contributed by atoms with Crippen molar-refractivity contribution in [3.05, 3.63) is 33.2 Å². The summed E-state index contributed by atoms with van der Waals surface area (Å²) in [4.78, 5) is 12.8. The molecule has 1 aromatic rings. The molecular formula is C17H22N2O6. The molecule has 1 aliphatic carbocycles. The molecular weight excluding hydrogens is 328 g/mol. The summed E-state index contributed by atoms with van der Waals surface area (Å²) in [7, 11) is 0. The molecule has 5 atom stereocenters. The number of nitriles is 1. The second kappa shape index (κ2) is 7.23. The zero-order valence-electron chi connectivity index (χ0n) is 13.7. The number of hydrogen-bond donors (Lipinski definition) is 4. The van der Waals surface area contributed by atoms with E-state index in [9.17, 15) is 30.5 Å². The molecule has 25 heavy (non-hydrogen) atoms. The highest BCUT2D eigenvalue weighted by Crippen LogP contribution is 2.31. The Morgan fingerprint density at radius 2 is 1.88 bits per heavy atom. The van der Waals surface area contributed by atoms with E-state index < -0.39 is 42.8 Å². The van der Waals surface area contributed by atoms with Crippen molar-refractivity contribution in [2.75, 3.05) is 6.61 Å². The fourth-order valence-electron chi connectivity index (χ4n) is 3.65. The summed E-state index contributed by atoms with van der Waals surface area (Å²) in [5.41, 5.74) is 0.863. The first-order valence-electron chi connectivity index (χ1n) is 8.47. The van der Waals surface area contributed by atoms with Crippen LogP contribution in [0.3, 0.4) is 0 Å². The van der Waals surface area contributed by atoms with Crippen LogP contribution in [-0.4, -0.2) is 56.0 Å². The minimum absolute atomic E-state index is 0.0578. The number of fused-ring (bicyclic) bond motifs is 1. The minimum atomic E-state index is -1.57. The SMILES string of the molecule is N#Cc1cc2c(n([C@@H]3O[C@H](CO)[C@@H](O)[C@H](O)[C@H]3O)c1=O)CCCCC2. The van der Waals surface area contributed by atoms with Gasteiger partial charge in [0.1, 0.15) is 36.0 Å². The van der Waals surface area contributed by atoms with Gasteiger partial charge in [-0.2, -0.15) is 5.26 Å². The number of rotatable bonds is 2. The molecule has 136 valence electrons. The topological polar surface area (TPSA) is 136 Å². The van der Waals surface area contributed by atoms with E-state index in [0.717, 1.165) is 24.8 Å². The normalized spacial score (nSPS) is 32.5. The van der Waals surface area contributed by atoms with Crippen molar-refractivity contribution in [2.24, 2.45) is 0 Å². The van der Waals surface area contributed by atoms with Crippen LogP contribution in [-0.2, 0) is 17.6 Å². The Bertz CT molecular complexity index is 738. The number of ether oxygens (including phenoxy) is 1. The standard InChI is InChI=1S/C17H22N2O6/c18-7-10-6-9-4-2-1-3-5-11(9)19(16(10)24)17-15(23)14(22)13(21)12(8-20)25-17/h6,12-15,17,20-23H,1-5,8H2/t12-,13-,14+,15-,17-/m1/s1. The summed E-state index contributed by atoms with van der Waals surface area (Å²) in [6.45, 7) is -0.573. The van der Waals surface area contributed by atoms with Crippen molar-refractivity contribution in [1.29, 1.82) is 5.26 Å². The summed E-state index contributed by atoms with van der Waals surface area (Å²) in [6.07, 6.45) is -2.94. The van der Waals surface area contributed by atoms with E-state index in [2.05, 4.69) is 0 Å². The number of aliphatic hydroxyl groups is 4. The highest BCUT2D eigenvalue weighted by Gasteiger charge is 2.45. The van der Waals surface area contributed by atoms with E-state index in [1.165, 1.54) is 4.57 Å². The largest absolute Gasteiger partial charge is 0.394 e. The molecule has 0 aromatic carbocycles. The summed E-state index contributed by atoms with van der Waals surface area (Å²) in [5.74, 6) is 0. The van der Waals surface area contributed by atoms with Crippen molar-refractivity contribution in [2.45, 2.75) is 62.7 Å². The van der Waals surface area contributed by atoms with Gasteiger partial charge in [-0.05, 0) is 37.3 Å². The monoisotopic (exact) mass is 350 g/mol. The molecule has 1 fully saturated rings. The van der Waals surface area contributed by atoms with E-state index in [1.54, 1.807) is 6.07 Å². The summed E-state index contributed by atoms with van der Waals surface area (Å²) in [5, 5.41) is 49.0. The minimum Gasteiger partial charge on any atom is -0.394 e. The number of hydrogen-bond acceptors (Lipinski definition) is 7. The van der Waals surface area contributed by atoms with Crippen LogP contribution in [0.1, 0.15) is 42.3 Å². The summed E-state index contributed by atoms with van der Waals surface area (Å²) < 4.78 is 6.77. The molecule has 0 saturated carbocycles. The van der Waals surface area contributed by atoms with Crippen molar-refractivity contribution >= 4 is 0 Å². The average Bonchev–Trinajstić information content (AvgIpc) is 2.85. The van der Waals surface area contributed by atoms with E-state index >= 15 is 0 Å². The summed E-state index contributed by atoms with van der Waals surface area (Å²) >= 11 is 0. The molecule has 8 nitrogen and oxygen atoms in total. The Morgan fingerprint density at radius 1 is 1.16 bits per heavy atom. The van der Waals surface area contributed by atoms with Crippen LogP contribution in [0, 0.1) is 11.3 Å². The lowest BCUT2D eigenvalue weighted by Crippen LogP contribution is -2.58. The maximum absolute atomic E-state index is 12.8. The lowest BCUT2D eigenvalue weighted by Gasteiger charge is -2.41. The zero-order valence-corrected chi connectivity index (χ0v) is 13.7.